The Morgan fingerprint density at radius 2 is 2.10 bits per heavy atom. The smallest absolute Gasteiger partial charge is 0.106 e. The number of methoxy groups -OCH3 is 1. The van der Waals surface area contributed by atoms with Crippen molar-refractivity contribution < 1.29 is 4.74 Å². The molecule has 20 heavy (non-hydrogen) atoms. The standard InChI is InChI=1S/C16H31N3O/c1-5-16(13-17,18-14(2)3)9-6-10-19(11-12-20-4)15-7-8-15/h14-15,18H,5-12H2,1-4H3. The molecule has 1 saturated carbocycles. The van der Waals surface area contributed by atoms with Gasteiger partial charge < -0.3 is 4.74 Å². The number of hydrogen-bond acceptors (Lipinski definition) is 4. The van der Waals surface area contributed by atoms with E-state index in [1.54, 1.807) is 7.11 Å². The zero-order valence-electron chi connectivity index (χ0n) is 13.6. The molecule has 0 saturated heterocycles. The highest BCUT2D eigenvalue weighted by Gasteiger charge is 2.31. The normalized spacial score (nSPS) is 18.2. The minimum absolute atomic E-state index is 0.350. The molecule has 0 spiro atoms. The van der Waals surface area contributed by atoms with Gasteiger partial charge in [-0.15, -0.1) is 0 Å². The lowest BCUT2D eigenvalue weighted by atomic mass is 9.91. The third-order valence-electron chi connectivity index (χ3n) is 4.08. The maximum absolute atomic E-state index is 9.51. The predicted octanol–water partition coefficient (Wildman–Crippen LogP) is 2.55. The first-order chi connectivity index (χ1) is 9.56. The molecule has 0 aromatic heterocycles. The van der Waals surface area contributed by atoms with Crippen molar-refractivity contribution in [2.45, 2.75) is 70.5 Å². The van der Waals surface area contributed by atoms with Crippen LogP contribution in [-0.2, 0) is 4.74 Å². The van der Waals surface area contributed by atoms with E-state index < -0.39 is 0 Å². The van der Waals surface area contributed by atoms with Gasteiger partial charge in [0.15, 0.2) is 0 Å². The van der Waals surface area contributed by atoms with E-state index in [1.165, 1.54) is 12.8 Å². The van der Waals surface area contributed by atoms with Gasteiger partial charge in [0.2, 0.25) is 0 Å². The molecule has 0 heterocycles. The third kappa shape index (κ3) is 5.78. The second kappa shape index (κ2) is 8.61. The lowest BCUT2D eigenvalue weighted by molar-refractivity contribution is 0.140. The van der Waals surface area contributed by atoms with Crippen LogP contribution in [0.15, 0.2) is 0 Å². The summed E-state index contributed by atoms with van der Waals surface area (Å²) in [5.74, 6) is 0. The Hall–Kier alpha value is -0.630. The second-order valence-electron chi connectivity index (χ2n) is 6.21. The fourth-order valence-corrected chi connectivity index (χ4v) is 2.78. The van der Waals surface area contributed by atoms with Crippen LogP contribution in [0, 0.1) is 11.3 Å². The maximum atomic E-state index is 9.51. The number of ether oxygens (including phenoxy) is 1. The summed E-state index contributed by atoms with van der Waals surface area (Å²) in [6.07, 6.45) is 5.51. The van der Waals surface area contributed by atoms with Crippen molar-refractivity contribution in [3.63, 3.8) is 0 Å². The van der Waals surface area contributed by atoms with Gasteiger partial charge >= 0.3 is 0 Å². The van der Waals surface area contributed by atoms with Gasteiger partial charge in [-0.3, -0.25) is 10.2 Å². The molecule has 1 atom stereocenters. The minimum Gasteiger partial charge on any atom is -0.383 e. The molecular formula is C16H31N3O. The van der Waals surface area contributed by atoms with Crippen molar-refractivity contribution in [3.05, 3.63) is 0 Å². The van der Waals surface area contributed by atoms with Gasteiger partial charge in [-0.25, -0.2) is 0 Å². The molecule has 116 valence electrons. The van der Waals surface area contributed by atoms with Crippen LogP contribution >= 0.6 is 0 Å². The summed E-state index contributed by atoms with van der Waals surface area (Å²) in [6, 6.07) is 3.62. The molecule has 0 bridgehead atoms. The average Bonchev–Trinajstić information content (AvgIpc) is 3.25. The molecule has 0 aromatic carbocycles. The average molecular weight is 281 g/mol. The summed E-state index contributed by atoms with van der Waals surface area (Å²) in [6.45, 7) is 9.22. The topological polar surface area (TPSA) is 48.3 Å². The molecule has 0 aromatic rings. The Morgan fingerprint density at radius 1 is 1.40 bits per heavy atom. The summed E-state index contributed by atoms with van der Waals surface area (Å²) in [5, 5.41) is 13.0. The lowest BCUT2D eigenvalue weighted by Gasteiger charge is -2.30. The van der Waals surface area contributed by atoms with Crippen LogP contribution in [0.4, 0.5) is 0 Å². The van der Waals surface area contributed by atoms with Crippen molar-refractivity contribution in [1.82, 2.24) is 10.2 Å². The molecule has 1 aliphatic rings. The van der Waals surface area contributed by atoms with E-state index >= 15 is 0 Å². The molecule has 0 aliphatic heterocycles. The lowest BCUT2D eigenvalue weighted by Crippen LogP contribution is -2.47. The van der Waals surface area contributed by atoms with Gasteiger partial charge in [-0.1, -0.05) is 6.92 Å². The van der Waals surface area contributed by atoms with Crippen LogP contribution in [0.25, 0.3) is 0 Å². The summed E-state index contributed by atoms with van der Waals surface area (Å²) in [7, 11) is 1.76. The van der Waals surface area contributed by atoms with Gasteiger partial charge in [0.05, 0.1) is 12.7 Å². The molecule has 1 aliphatic carbocycles. The highest BCUT2D eigenvalue weighted by molar-refractivity contribution is 5.07. The Kier molecular flexibility index (Phi) is 7.50. The summed E-state index contributed by atoms with van der Waals surface area (Å²) < 4.78 is 5.19. The largest absolute Gasteiger partial charge is 0.383 e. The fourth-order valence-electron chi connectivity index (χ4n) is 2.78. The molecule has 0 radical (unpaired) electrons. The number of nitrogens with zero attached hydrogens (tertiary/aromatic N) is 2. The number of hydrogen-bond donors (Lipinski definition) is 1. The van der Waals surface area contributed by atoms with Crippen molar-refractivity contribution in [2.75, 3.05) is 26.8 Å². The molecule has 0 amide bonds. The van der Waals surface area contributed by atoms with E-state index in [2.05, 4.69) is 37.1 Å². The molecule has 1 N–H and O–H groups in total. The number of nitriles is 1. The highest BCUT2D eigenvalue weighted by Crippen LogP contribution is 2.27. The van der Waals surface area contributed by atoms with E-state index in [0.717, 1.165) is 45.0 Å². The summed E-state index contributed by atoms with van der Waals surface area (Å²) in [4.78, 5) is 2.52. The minimum atomic E-state index is -0.357. The van der Waals surface area contributed by atoms with Gasteiger partial charge in [0.1, 0.15) is 5.54 Å². The van der Waals surface area contributed by atoms with Crippen LogP contribution in [0.2, 0.25) is 0 Å². The molecule has 1 fully saturated rings. The molecule has 1 rings (SSSR count). The van der Waals surface area contributed by atoms with Crippen molar-refractivity contribution in [2.24, 2.45) is 0 Å². The summed E-state index contributed by atoms with van der Waals surface area (Å²) in [5.41, 5.74) is -0.357. The summed E-state index contributed by atoms with van der Waals surface area (Å²) >= 11 is 0. The first kappa shape index (κ1) is 17.4. The zero-order chi connectivity index (χ0) is 15.0. The van der Waals surface area contributed by atoms with E-state index in [1.807, 2.05) is 0 Å². The van der Waals surface area contributed by atoms with Crippen molar-refractivity contribution >= 4 is 0 Å². The molecule has 4 heteroatoms. The molecular weight excluding hydrogens is 250 g/mol. The van der Waals surface area contributed by atoms with Crippen molar-refractivity contribution in [3.8, 4) is 6.07 Å². The predicted molar refractivity (Wildman–Crippen MR) is 82.6 cm³/mol. The first-order valence-corrected chi connectivity index (χ1v) is 7.99. The Morgan fingerprint density at radius 3 is 2.55 bits per heavy atom. The Labute approximate surface area is 124 Å². The van der Waals surface area contributed by atoms with Crippen molar-refractivity contribution in [1.29, 1.82) is 5.26 Å². The van der Waals surface area contributed by atoms with Crippen LogP contribution in [0.5, 0.6) is 0 Å². The van der Waals surface area contributed by atoms with Gasteiger partial charge in [-0.2, -0.15) is 5.26 Å². The van der Waals surface area contributed by atoms with Crippen LogP contribution < -0.4 is 5.32 Å². The number of rotatable bonds is 11. The van der Waals surface area contributed by atoms with Gasteiger partial charge in [-0.05, 0) is 52.5 Å². The zero-order valence-corrected chi connectivity index (χ0v) is 13.6. The highest BCUT2D eigenvalue weighted by atomic mass is 16.5. The fraction of sp³-hybridized carbons (Fsp3) is 0.938. The Bertz CT molecular complexity index is 309. The first-order valence-electron chi connectivity index (χ1n) is 7.99. The molecule has 1 unspecified atom stereocenters. The van der Waals surface area contributed by atoms with E-state index in [4.69, 9.17) is 4.74 Å². The Balaban J connectivity index is 2.40. The van der Waals surface area contributed by atoms with Crippen LogP contribution in [-0.4, -0.2) is 49.3 Å². The second-order valence-corrected chi connectivity index (χ2v) is 6.21. The van der Waals surface area contributed by atoms with Gasteiger partial charge in [0, 0.05) is 25.7 Å². The van der Waals surface area contributed by atoms with Crippen LogP contribution in [0.1, 0.15) is 52.9 Å². The maximum Gasteiger partial charge on any atom is 0.106 e. The number of nitrogens with one attached hydrogen (secondary N) is 1. The molecule has 4 nitrogen and oxygen atoms in total. The van der Waals surface area contributed by atoms with Gasteiger partial charge in [0.25, 0.3) is 0 Å². The third-order valence-corrected chi connectivity index (χ3v) is 4.08. The van der Waals surface area contributed by atoms with E-state index in [9.17, 15) is 5.26 Å². The monoisotopic (exact) mass is 281 g/mol. The SMILES string of the molecule is CCC(C#N)(CCCN(CCOC)C1CC1)NC(C)C. The van der Waals surface area contributed by atoms with E-state index in [-0.39, 0.29) is 5.54 Å². The van der Waals surface area contributed by atoms with Crippen LogP contribution in [0.3, 0.4) is 0 Å². The quantitative estimate of drug-likeness (QED) is 0.632. The van der Waals surface area contributed by atoms with E-state index in [0.29, 0.717) is 6.04 Å².